The van der Waals surface area contributed by atoms with Crippen LogP contribution in [0.25, 0.3) is 6.08 Å². The van der Waals surface area contributed by atoms with Gasteiger partial charge >= 0.3 is 6.18 Å². The lowest BCUT2D eigenvalue weighted by Crippen LogP contribution is -2.27. The van der Waals surface area contributed by atoms with E-state index in [0.717, 1.165) is 5.69 Å². The molecule has 0 unspecified atom stereocenters. The third kappa shape index (κ3) is 3.59. The maximum Gasteiger partial charge on any atom is 0.391 e. The van der Waals surface area contributed by atoms with Crippen molar-refractivity contribution in [2.24, 2.45) is 11.8 Å². The van der Waals surface area contributed by atoms with Crippen molar-refractivity contribution >= 4 is 6.08 Å². The highest BCUT2D eigenvalue weighted by Gasteiger charge is 2.40. The number of allylic oxidation sites excluding steroid dienone is 1. The molecule has 1 aliphatic rings. The quantitative estimate of drug-likeness (QED) is 0.760. The lowest BCUT2D eigenvalue weighted by Gasteiger charge is -2.28. The van der Waals surface area contributed by atoms with E-state index >= 15 is 0 Å². The van der Waals surface area contributed by atoms with Crippen molar-refractivity contribution in [1.29, 1.82) is 0 Å². The van der Waals surface area contributed by atoms with Gasteiger partial charge in [-0.2, -0.15) is 13.2 Å². The van der Waals surface area contributed by atoms with E-state index in [1.54, 1.807) is 6.20 Å². The molecule has 0 N–H and O–H groups in total. The van der Waals surface area contributed by atoms with Crippen LogP contribution >= 0.6 is 0 Å². The first-order chi connectivity index (χ1) is 8.55. The summed E-state index contributed by atoms with van der Waals surface area (Å²) in [6.07, 6.45) is 3.33. The van der Waals surface area contributed by atoms with Crippen LogP contribution in [0.4, 0.5) is 13.2 Å². The number of alkyl halides is 3. The van der Waals surface area contributed by atoms with E-state index in [4.69, 9.17) is 0 Å². The average molecular weight is 255 g/mol. The summed E-state index contributed by atoms with van der Waals surface area (Å²) >= 11 is 0. The normalized spacial score (nSPS) is 25.5. The van der Waals surface area contributed by atoms with Crippen molar-refractivity contribution in [2.75, 3.05) is 0 Å². The molecule has 0 atom stereocenters. The highest BCUT2D eigenvalue weighted by Crippen LogP contribution is 2.39. The molecule has 0 aliphatic heterocycles. The second-order valence-electron chi connectivity index (χ2n) is 4.77. The number of halogens is 3. The van der Waals surface area contributed by atoms with Gasteiger partial charge in [-0.3, -0.25) is 4.98 Å². The second kappa shape index (κ2) is 5.55. The molecule has 1 heterocycles. The van der Waals surface area contributed by atoms with E-state index in [1.807, 2.05) is 30.4 Å². The fraction of sp³-hybridized carbons (Fsp3) is 0.500. The fourth-order valence-corrected chi connectivity index (χ4v) is 2.35. The highest BCUT2D eigenvalue weighted by atomic mass is 19.4. The fourth-order valence-electron chi connectivity index (χ4n) is 2.35. The Morgan fingerprint density at radius 2 is 1.83 bits per heavy atom. The number of aromatic nitrogens is 1. The smallest absolute Gasteiger partial charge is 0.257 e. The molecule has 0 radical (unpaired) electrons. The summed E-state index contributed by atoms with van der Waals surface area (Å²) < 4.78 is 37.5. The molecule has 1 nitrogen and oxygen atoms in total. The predicted octanol–water partition coefficient (Wildman–Crippen LogP) is 4.46. The standard InChI is InChI=1S/C14H16F3N/c15-14(16,17)12-7-4-11(5-8-12)6-9-13-3-1-2-10-18-13/h1-3,6,9-12H,4-5,7-8H2/b9-6+/t11-,12-. The van der Waals surface area contributed by atoms with Crippen molar-refractivity contribution in [3.05, 3.63) is 36.2 Å². The van der Waals surface area contributed by atoms with Gasteiger partial charge in [-0.15, -0.1) is 0 Å². The summed E-state index contributed by atoms with van der Waals surface area (Å²) in [7, 11) is 0. The van der Waals surface area contributed by atoms with E-state index < -0.39 is 12.1 Å². The Hall–Kier alpha value is -1.32. The van der Waals surface area contributed by atoms with E-state index in [0.29, 0.717) is 12.8 Å². The topological polar surface area (TPSA) is 12.9 Å². The van der Waals surface area contributed by atoms with Crippen molar-refractivity contribution in [2.45, 2.75) is 31.9 Å². The van der Waals surface area contributed by atoms with Crippen LogP contribution in [0.15, 0.2) is 30.5 Å². The van der Waals surface area contributed by atoms with Crippen molar-refractivity contribution < 1.29 is 13.2 Å². The Kier molecular flexibility index (Phi) is 4.04. The van der Waals surface area contributed by atoms with Gasteiger partial charge in [-0.05, 0) is 49.8 Å². The summed E-state index contributed by atoms with van der Waals surface area (Å²) in [5.41, 5.74) is 0.857. The van der Waals surface area contributed by atoms with Crippen LogP contribution in [0.3, 0.4) is 0 Å². The van der Waals surface area contributed by atoms with Gasteiger partial charge in [-0.1, -0.05) is 12.1 Å². The Labute approximate surface area is 105 Å². The molecule has 1 saturated carbocycles. The van der Waals surface area contributed by atoms with E-state index in [9.17, 15) is 13.2 Å². The number of rotatable bonds is 2. The van der Waals surface area contributed by atoms with Crippen LogP contribution in [0.5, 0.6) is 0 Å². The van der Waals surface area contributed by atoms with Crippen LogP contribution < -0.4 is 0 Å². The van der Waals surface area contributed by atoms with Crippen LogP contribution in [0, 0.1) is 11.8 Å². The molecule has 1 aromatic heterocycles. The van der Waals surface area contributed by atoms with Crippen LogP contribution in [-0.4, -0.2) is 11.2 Å². The second-order valence-corrected chi connectivity index (χ2v) is 4.77. The largest absolute Gasteiger partial charge is 0.391 e. The first kappa shape index (κ1) is 13.1. The Morgan fingerprint density at radius 1 is 1.11 bits per heavy atom. The zero-order chi connectivity index (χ0) is 13.0. The highest BCUT2D eigenvalue weighted by molar-refractivity contribution is 5.44. The first-order valence-electron chi connectivity index (χ1n) is 6.21. The van der Waals surface area contributed by atoms with Crippen LogP contribution in [0.2, 0.25) is 0 Å². The zero-order valence-corrected chi connectivity index (χ0v) is 10.0. The molecule has 1 aliphatic carbocycles. The molecular weight excluding hydrogens is 239 g/mol. The van der Waals surface area contributed by atoms with E-state index in [-0.39, 0.29) is 18.8 Å². The lowest BCUT2D eigenvalue weighted by atomic mass is 9.81. The number of hydrogen-bond donors (Lipinski definition) is 0. The Balaban J connectivity index is 1.86. The van der Waals surface area contributed by atoms with Gasteiger partial charge in [0.05, 0.1) is 11.6 Å². The number of hydrogen-bond acceptors (Lipinski definition) is 1. The van der Waals surface area contributed by atoms with Gasteiger partial charge in [-0.25, -0.2) is 0 Å². The monoisotopic (exact) mass is 255 g/mol. The van der Waals surface area contributed by atoms with Gasteiger partial charge in [0, 0.05) is 6.20 Å². The predicted molar refractivity (Wildman–Crippen MR) is 64.8 cm³/mol. The maximum atomic E-state index is 12.5. The minimum Gasteiger partial charge on any atom is -0.257 e. The number of nitrogens with zero attached hydrogens (tertiary/aromatic N) is 1. The molecule has 0 aromatic carbocycles. The molecule has 18 heavy (non-hydrogen) atoms. The molecule has 0 amide bonds. The molecular formula is C14H16F3N. The third-order valence-corrected chi connectivity index (χ3v) is 3.46. The molecule has 0 spiro atoms. The minimum absolute atomic E-state index is 0.251. The Bertz CT molecular complexity index is 389. The molecule has 0 saturated heterocycles. The lowest BCUT2D eigenvalue weighted by molar-refractivity contribution is -0.183. The van der Waals surface area contributed by atoms with Gasteiger partial charge in [0.25, 0.3) is 0 Å². The molecule has 1 aromatic rings. The van der Waals surface area contributed by atoms with Crippen molar-refractivity contribution in [3.63, 3.8) is 0 Å². The van der Waals surface area contributed by atoms with E-state index in [2.05, 4.69) is 4.98 Å². The van der Waals surface area contributed by atoms with Crippen LogP contribution in [-0.2, 0) is 0 Å². The third-order valence-electron chi connectivity index (χ3n) is 3.46. The summed E-state index contributed by atoms with van der Waals surface area (Å²) in [6, 6.07) is 5.62. The summed E-state index contributed by atoms with van der Waals surface area (Å²) in [4.78, 5) is 4.15. The van der Waals surface area contributed by atoms with Gasteiger partial charge in [0.15, 0.2) is 0 Å². The van der Waals surface area contributed by atoms with E-state index in [1.165, 1.54) is 0 Å². The van der Waals surface area contributed by atoms with Gasteiger partial charge in [0.1, 0.15) is 0 Å². The molecule has 4 heteroatoms. The summed E-state index contributed by atoms with van der Waals surface area (Å²) in [5, 5.41) is 0. The van der Waals surface area contributed by atoms with Gasteiger partial charge in [0.2, 0.25) is 0 Å². The van der Waals surface area contributed by atoms with Crippen molar-refractivity contribution in [3.8, 4) is 0 Å². The molecule has 2 rings (SSSR count). The SMILES string of the molecule is FC(F)(F)[C@H]1CC[C@H](/C=C/c2ccccn2)CC1. The molecule has 1 fully saturated rings. The number of pyridine rings is 1. The van der Waals surface area contributed by atoms with Gasteiger partial charge < -0.3 is 0 Å². The maximum absolute atomic E-state index is 12.5. The molecule has 0 bridgehead atoms. The minimum atomic E-state index is -4.02. The Morgan fingerprint density at radius 3 is 2.39 bits per heavy atom. The summed E-state index contributed by atoms with van der Waals surface area (Å²) in [5.74, 6) is -0.845. The summed E-state index contributed by atoms with van der Waals surface area (Å²) in [6.45, 7) is 0. The average Bonchev–Trinajstić information content (AvgIpc) is 2.37. The first-order valence-corrected chi connectivity index (χ1v) is 6.21. The molecule has 98 valence electrons. The van der Waals surface area contributed by atoms with Crippen molar-refractivity contribution in [1.82, 2.24) is 4.98 Å². The zero-order valence-electron chi connectivity index (χ0n) is 10.0. The van der Waals surface area contributed by atoms with Crippen LogP contribution in [0.1, 0.15) is 31.4 Å².